The van der Waals surface area contributed by atoms with E-state index in [4.69, 9.17) is 4.74 Å². The molecule has 21 heavy (non-hydrogen) atoms. The van der Waals surface area contributed by atoms with Crippen LogP contribution in [0.15, 0.2) is 36.5 Å². The first-order valence-corrected chi connectivity index (χ1v) is 7.23. The predicted octanol–water partition coefficient (Wildman–Crippen LogP) is 2.15. The van der Waals surface area contributed by atoms with Gasteiger partial charge in [-0.2, -0.15) is 0 Å². The van der Waals surface area contributed by atoms with Gasteiger partial charge in [0.15, 0.2) is 0 Å². The average Bonchev–Trinajstić information content (AvgIpc) is 2.85. The highest BCUT2D eigenvalue weighted by atomic mass is 16.5. The van der Waals surface area contributed by atoms with Gasteiger partial charge in [-0.3, -0.25) is 4.68 Å². The Hall–Kier alpha value is -1.72. The molecule has 5 nitrogen and oxygen atoms in total. The smallest absolute Gasteiger partial charge is 0.108 e. The summed E-state index contributed by atoms with van der Waals surface area (Å²) in [6.45, 7) is 7.38. The minimum Gasteiger partial charge on any atom is -0.374 e. The van der Waals surface area contributed by atoms with E-state index < -0.39 is 0 Å². The Bertz CT molecular complexity index is 536. The lowest BCUT2D eigenvalue weighted by Crippen LogP contribution is -2.33. The van der Waals surface area contributed by atoms with Crippen molar-refractivity contribution in [3.05, 3.63) is 47.8 Å². The molecule has 2 aromatic rings. The van der Waals surface area contributed by atoms with Crippen LogP contribution < -0.4 is 5.32 Å². The van der Waals surface area contributed by atoms with Crippen LogP contribution in [0.25, 0.3) is 0 Å². The van der Waals surface area contributed by atoms with Crippen LogP contribution in [0.5, 0.6) is 0 Å². The second-order valence-electron chi connectivity index (χ2n) is 6.13. The van der Waals surface area contributed by atoms with Crippen molar-refractivity contribution in [1.82, 2.24) is 20.3 Å². The predicted molar refractivity (Wildman–Crippen MR) is 82.6 cm³/mol. The molecule has 2 rings (SSSR count). The van der Waals surface area contributed by atoms with Crippen molar-refractivity contribution in [2.75, 3.05) is 13.2 Å². The summed E-state index contributed by atoms with van der Waals surface area (Å²) in [4.78, 5) is 0. The highest BCUT2D eigenvalue weighted by molar-refractivity contribution is 5.14. The Morgan fingerprint density at radius 1 is 1.24 bits per heavy atom. The number of aryl methyl sites for hydroxylation is 1. The Balaban J connectivity index is 1.66. The fourth-order valence-corrected chi connectivity index (χ4v) is 2.09. The fraction of sp³-hybridized carbons (Fsp3) is 0.500. The third-order valence-corrected chi connectivity index (χ3v) is 3.17. The van der Waals surface area contributed by atoms with Crippen molar-refractivity contribution < 1.29 is 4.74 Å². The second kappa shape index (κ2) is 7.33. The zero-order valence-electron chi connectivity index (χ0n) is 13.0. The van der Waals surface area contributed by atoms with Crippen molar-refractivity contribution in [2.24, 2.45) is 12.5 Å². The number of hydrogen-bond acceptors (Lipinski definition) is 4. The molecule has 1 N–H and O–H groups in total. The van der Waals surface area contributed by atoms with Gasteiger partial charge < -0.3 is 10.1 Å². The lowest BCUT2D eigenvalue weighted by atomic mass is 9.95. The van der Waals surface area contributed by atoms with Crippen LogP contribution in [0, 0.1) is 5.41 Å². The molecule has 0 aliphatic carbocycles. The maximum Gasteiger partial charge on any atom is 0.108 e. The molecule has 0 amide bonds. The van der Waals surface area contributed by atoms with E-state index in [0.29, 0.717) is 13.2 Å². The molecule has 5 heteroatoms. The molecule has 0 aliphatic heterocycles. The maximum atomic E-state index is 5.74. The standard InChI is InChI=1S/C16H24N4O/c1-16(2,12-17-9-14-7-5-4-6-8-14)13-21-11-15-10-20(3)19-18-15/h4-8,10,17H,9,11-13H2,1-3H3. The van der Waals surface area contributed by atoms with Gasteiger partial charge in [-0.25, -0.2) is 0 Å². The SMILES string of the molecule is Cn1cc(COCC(C)(C)CNCc2ccccc2)nn1. The summed E-state index contributed by atoms with van der Waals surface area (Å²) >= 11 is 0. The number of ether oxygens (including phenoxy) is 1. The average molecular weight is 288 g/mol. The van der Waals surface area contributed by atoms with E-state index in [-0.39, 0.29) is 5.41 Å². The van der Waals surface area contributed by atoms with Crippen LogP contribution in [-0.2, 0) is 24.9 Å². The minimum absolute atomic E-state index is 0.0803. The van der Waals surface area contributed by atoms with Crippen molar-refractivity contribution >= 4 is 0 Å². The van der Waals surface area contributed by atoms with Gasteiger partial charge in [-0.1, -0.05) is 49.4 Å². The Morgan fingerprint density at radius 3 is 2.67 bits per heavy atom. The van der Waals surface area contributed by atoms with Crippen LogP contribution in [0.3, 0.4) is 0 Å². The quantitative estimate of drug-likeness (QED) is 0.808. The summed E-state index contributed by atoms with van der Waals surface area (Å²) < 4.78 is 7.43. The summed E-state index contributed by atoms with van der Waals surface area (Å²) in [6.07, 6.45) is 1.88. The maximum absolute atomic E-state index is 5.74. The summed E-state index contributed by atoms with van der Waals surface area (Å²) in [5, 5.41) is 11.4. The molecule has 0 spiro atoms. The normalized spacial score (nSPS) is 11.8. The molecular weight excluding hydrogens is 264 g/mol. The van der Waals surface area contributed by atoms with E-state index in [1.165, 1.54) is 5.56 Å². The first-order valence-electron chi connectivity index (χ1n) is 7.23. The van der Waals surface area contributed by atoms with Gasteiger partial charge in [0.05, 0.1) is 19.4 Å². The molecule has 1 aromatic carbocycles. The van der Waals surface area contributed by atoms with Gasteiger partial charge in [-0.15, -0.1) is 5.10 Å². The van der Waals surface area contributed by atoms with Crippen LogP contribution >= 0.6 is 0 Å². The van der Waals surface area contributed by atoms with Crippen LogP contribution in [0.1, 0.15) is 25.1 Å². The molecule has 0 atom stereocenters. The Kier molecular flexibility index (Phi) is 5.47. The number of rotatable bonds is 8. The lowest BCUT2D eigenvalue weighted by molar-refractivity contribution is 0.0494. The first-order chi connectivity index (χ1) is 10.1. The van der Waals surface area contributed by atoms with Crippen LogP contribution in [-0.4, -0.2) is 28.1 Å². The van der Waals surface area contributed by atoms with Gasteiger partial charge in [0.25, 0.3) is 0 Å². The summed E-state index contributed by atoms with van der Waals surface area (Å²) in [5.74, 6) is 0. The summed E-state index contributed by atoms with van der Waals surface area (Å²) in [6, 6.07) is 10.4. The molecule has 0 radical (unpaired) electrons. The lowest BCUT2D eigenvalue weighted by Gasteiger charge is -2.24. The Labute approximate surface area is 126 Å². The molecule has 114 valence electrons. The monoisotopic (exact) mass is 288 g/mol. The van der Waals surface area contributed by atoms with E-state index in [1.807, 2.05) is 19.3 Å². The van der Waals surface area contributed by atoms with Crippen LogP contribution in [0.4, 0.5) is 0 Å². The Morgan fingerprint density at radius 2 is 2.00 bits per heavy atom. The van der Waals surface area contributed by atoms with Crippen molar-refractivity contribution in [1.29, 1.82) is 0 Å². The molecule has 0 bridgehead atoms. The van der Waals surface area contributed by atoms with E-state index in [1.54, 1.807) is 4.68 Å². The van der Waals surface area contributed by atoms with Crippen molar-refractivity contribution in [2.45, 2.75) is 27.0 Å². The number of nitrogens with zero attached hydrogens (tertiary/aromatic N) is 3. The summed E-state index contributed by atoms with van der Waals surface area (Å²) in [5.41, 5.74) is 2.25. The third-order valence-electron chi connectivity index (χ3n) is 3.17. The zero-order chi connectivity index (χ0) is 15.1. The second-order valence-corrected chi connectivity index (χ2v) is 6.13. The minimum atomic E-state index is 0.0803. The van der Waals surface area contributed by atoms with Gasteiger partial charge in [0.2, 0.25) is 0 Å². The van der Waals surface area contributed by atoms with Gasteiger partial charge >= 0.3 is 0 Å². The van der Waals surface area contributed by atoms with Gasteiger partial charge in [-0.05, 0) is 5.56 Å². The topological polar surface area (TPSA) is 52.0 Å². The molecule has 0 unspecified atom stereocenters. The van der Waals surface area contributed by atoms with E-state index in [0.717, 1.165) is 18.8 Å². The number of aromatic nitrogens is 3. The first kappa shape index (κ1) is 15.7. The molecule has 1 aromatic heterocycles. The van der Waals surface area contributed by atoms with E-state index >= 15 is 0 Å². The van der Waals surface area contributed by atoms with E-state index in [9.17, 15) is 0 Å². The molecule has 1 heterocycles. The largest absolute Gasteiger partial charge is 0.374 e. The van der Waals surface area contributed by atoms with Crippen molar-refractivity contribution in [3.63, 3.8) is 0 Å². The third kappa shape index (κ3) is 5.65. The molecule has 0 aliphatic rings. The number of hydrogen-bond donors (Lipinski definition) is 1. The summed E-state index contributed by atoms with van der Waals surface area (Å²) in [7, 11) is 1.86. The number of nitrogens with one attached hydrogen (secondary N) is 1. The van der Waals surface area contributed by atoms with E-state index in [2.05, 4.69) is 53.7 Å². The molecular formula is C16H24N4O. The fourth-order valence-electron chi connectivity index (χ4n) is 2.09. The van der Waals surface area contributed by atoms with Gasteiger partial charge in [0.1, 0.15) is 5.69 Å². The van der Waals surface area contributed by atoms with Crippen LogP contribution in [0.2, 0.25) is 0 Å². The molecule has 0 saturated carbocycles. The molecule has 0 saturated heterocycles. The number of benzene rings is 1. The molecule has 0 fully saturated rings. The van der Waals surface area contributed by atoms with Gasteiger partial charge in [0, 0.05) is 25.6 Å². The zero-order valence-corrected chi connectivity index (χ0v) is 13.0. The highest BCUT2D eigenvalue weighted by Gasteiger charge is 2.18. The van der Waals surface area contributed by atoms with Crippen molar-refractivity contribution in [3.8, 4) is 0 Å². The highest BCUT2D eigenvalue weighted by Crippen LogP contribution is 2.15.